The van der Waals surface area contributed by atoms with E-state index >= 15 is 0 Å². The van der Waals surface area contributed by atoms with Crippen LogP contribution in [0, 0.1) is 15.9 Å². The van der Waals surface area contributed by atoms with Crippen LogP contribution in [-0.2, 0) is 9.59 Å². The number of furan rings is 1. The van der Waals surface area contributed by atoms with Crippen molar-refractivity contribution in [1.29, 1.82) is 0 Å². The van der Waals surface area contributed by atoms with Gasteiger partial charge >= 0.3 is 0 Å². The van der Waals surface area contributed by atoms with Crippen LogP contribution in [0.3, 0.4) is 0 Å². The largest absolute Gasteiger partial charge is 0.456 e. The molecule has 1 aliphatic rings. The van der Waals surface area contributed by atoms with E-state index in [-0.39, 0.29) is 44.2 Å². The van der Waals surface area contributed by atoms with Gasteiger partial charge in [-0.05, 0) is 54.7 Å². The van der Waals surface area contributed by atoms with E-state index in [9.17, 15) is 24.1 Å². The number of thiocarbonyl (C=S) groups is 1. The second-order valence-corrected chi connectivity index (χ2v) is 7.33. The molecule has 3 aromatic rings. The fourth-order valence-corrected chi connectivity index (χ4v) is 3.53. The third kappa shape index (κ3) is 3.88. The second kappa shape index (κ2) is 8.33. The van der Waals surface area contributed by atoms with Crippen molar-refractivity contribution < 1.29 is 23.3 Å². The highest BCUT2D eigenvalue weighted by atomic mass is 35.5. The molecule has 4 rings (SSSR count). The highest BCUT2D eigenvalue weighted by molar-refractivity contribution is 7.80. The number of rotatable bonds is 4. The monoisotopic (exact) mass is 471 g/mol. The number of benzene rings is 2. The van der Waals surface area contributed by atoms with Crippen LogP contribution < -0.4 is 10.2 Å². The topological polar surface area (TPSA) is 106 Å². The van der Waals surface area contributed by atoms with E-state index in [2.05, 4.69) is 5.32 Å². The molecule has 160 valence electrons. The summed E-state index contributed by atoms with van der Waals surface area (Å²) in [5.41, 5.74) is -0.0533. The molecule has 2 aromatic carbocycles. The first kappa shape index (κ1) is 21.3. The number of nitro benzene ring substituents is 1. The minimum absolute atomic E-state index is 0.113. The third-order valence-electron chi connectivity index (χ3n) is 4.54. The molecule has 1 N–H and O–H groups in total. The predicted molar refractivity (Wildman–Crippen MR) is 118 cm³/mol. The molecular formula is C21H11ClFN3O5S. The molecule has 11 heteroatoms. The van der Waals surface area contributed by atoms with E-state index in [0.29, 0.717) is 0 Å². The summed E-state index contributed by atoms with van der Waals surface area (Å²) in [6, 6.07) is 12.5. The fourth-order valence-electron chi connectivity index (χ4n) is 3.07. The predicted octanol–water partition coefficient (Wildman–Crippen LogP) is 4.48. The fraction of sp³-hybridized carbons (Fsp3) is 0. The molecule has 2 amide bonds. The van der Waals surface area contributed by atoms with E-state index in [1.54, 1.807) is 6.07 Å². The van der Waals surface area contributed by atoms with Crippen molar-refractivity contribution in [1.82, 2.24) is 5.32 Å². The Bertz CT molecular complexity index is 1340. The van der Waals surface area contributed by atoms with Gasteiger partial charge in [-0.3, -0.25) is 29.9 Å². The average molecular weight is 472 g/mol. The summed E-state index contributed by atoms with van der Waals surface area (Å²) < 4.78 is 19.1. The van der Waals surface area contributed by atoms with E-state index in [0.717, 1.165) is 11.0 Å². The SMILES string of the molecule is O=C1NC(=S)N(c2ccc(F)c(Cl)c2)C(=O)/C1=C\c1ccc(-c2ccccc2[N+](=O)[O-])o1. The number of halogens is 2. The van der Waals surface area contributed by atoms with Crippen LogP contribution in [0.2, 0.25) is 5.02 Å². The molecule has 0 unspecified atom stereocenters. The first-order valence-electron chi connectivity index (χ1n) is 8.96. The number of nitrogens with zero attached hydrogens (tertiary/aromatic N) is 2. The first-order chi connectivity index (χ1) is 15.3. The summed E-state index contributed by atoms with van der Waals surface area (Å²) in [6.07, 6.45) is 1.19. The van der Waals surface area contributed by atoms with Crippen molar-refractivity contribution in [3.05, 3.63) is 86.9 Å². The van der Waals surface area contributed by atoms with Gasteiger partial charge in [0.05, 0.1) is 21.2 Å². The number of carbonyl (C=O) groups is 2. The summed E-state index contributed by atoms with van der Waals surface area (Å²) in [6.45, 7) is 0. The summed E-state index contributed by atoms with van der Waals surface area (Å²) in [5.74, 6) is -1.91. The van der Waals surface area contributed by atoms with Crippen LogP contribution in [0.25, 0.3) is 17.4 Å². The van der Waals surface area contributed by atoms with E-state index < -0.39 is 22.6 Å². The van der Waals surface area contributed by atoms with Crippen molar-refractivity contribution in [2.45, 2.75) is 0 Å². The zero-order chi connectivity index (χ0) is 23.0. The van der Waals surface area contributed by atoms with Crippen molar-refractivity contribution in [3.63, 3.8) is 0 Å². The standard InChI is InChI=1S/C21H11ClFN3O5S/c22-15-9-11(5-7-16(15)23)25-20(28)14(19(27)24-21(25)32)10-12-6-8-18(31-12)13-3-1-2-4-17(13)26(29)30/h1-10H,(H,24,27,32)/b14-10-. The number of amides is 2. The van der Waals surface area contributed by atoms with Crippen LogP contribution in [0.1, 0.15) is 5.76 Å². The minimum atomic E-state index is -0.773. The van der Waals surface area contributed by atoms with Crippen molar-refractivity contribution >= 4 is 58.2 Å². The Balaban J connectivity index is 1.70. The van der Waals surface area contributed by atoms with Gasteiger partial charge in [-0.15, -0.1) is 0 Å². The maximum Gasteiger partial charge on any atom is 0.280 e. The van der Waals surface area contributed by atoms with Gasteiger partial charge in [0.25, 0.3) is 17.5 Å². The Hall–Kier alpha value is -3.89. The van der Waals surface area contributed by atoms with Crippen LogP contribution in [0.5, 0.6) is 0 Å². The molecule has 1 fully saturated rings. The van der Waals surface area contributed by atoms with Gasteiger partial charge in [0, 0.05) is 6.07 Å². The highest BCUT2D eigenvalue weighted by Crippen LogP contribution is 2.32. The second-order valence-electron chi connectivity index (χ2n) is 6.53. The Labute approximate surface area is 190 Å². The molecule has 1 aliphatic heterocycles. The zero-order valence-corrected chi connectivity index (χ0v) is 17.4. The van der Waals surface area contributed by atoms with Gasteiger partial charge in [0.1, 0.15) is 22.9 Å². The number of para-hydroxylation sites is 1. The Morgan fingerprint density at radius 1 is 1.16 bits per heavy atom. The number of hydrogen-bond acceptors (Lipinski definition) is 6. The average Bonchev–Trinajstić information content (AvgIpc) is 3.22. The normalized spacial score (nSPS) is 15.2. The summed E-state index contributed by atoms with van der Waals surface area (Å²) in [4.78, 5) is 37.1. The molecule has 0 radical (unpaired) electrons. The van der Waals surface area contributed by atoms with E-state index in [4.69, 9.17) is 28.2 Å². The highest BCUT2D eigenvalue weighted by Gasteiger charge is 2.35. The number of anilines is 1. The lowest BCUT2D eigenvalue weighted by Crippen LogP contribution is -2.54. The van der Waals surface area contributed by atoms with Gasteiger partial charge in [0.15, 0.2) is 5.11 Å². The van der Waals surface area contributed by atoms with Gasteiger partial charge in [-0.1, -0.05) is 23.7 Å². The van der Waals surface area contributed by atoms with E-state index in [1.165, 1.54) is 48.5 Å². The zero-order valence-electron chi connectivity index (χ0n) is 15.9. The summed E-state index contributed by atoms with van der Waals surface area (Å²) in [7, 11) is 0. The van der Waals surface area contributed by atoms with Crippen molar-refractivity contribution in [2.24, 2.45) is 0 Å². The number of nitro groups is 1. The molecule has 1 aromatic heterocycles. The van der Waals surface area contributed by atoms with Gasteiger partial charge in [-0.2, -0.15) is 0 Å². The van der Waals surface area contributed by atoms with Crippen LogP contribution in [0.15, 0.2) is 64.6 Å². The van der Waals surface area contributed by atoms with Crippen LogP contribution in [0.4, 0.5) is 15.8 Å². The quantitative estimate of drug-likeness (QED) is 0.198. The maximum atomic E-state index is 13.5. The third-order valence-corrected chi connectivity index (χ3v) is 5.12. The Morgan fingerprint density at radius 2 is 1.91 bits per heavy atom. The summed E-state index contributed by atoms with van der Waals surface area (Å²) in [5, 5.41) is 13.2. The molecule has 0 bridgehead atoms. The van der Waals surface area contributed by atoms with Gasteiger partial charge in [0.2, 0.25) is 0 Å². The molecule has 8 nitrogen and oxygen atoms in total. The molecule has 32 heavy (non-hydrogen) atoms. The lowest BCUT2D eigenvalue weighted by atomic mass is 10.1. The molecule has 0 spiro atoms. The first-order valence-corrected chi connectivity index (χ1v) is 9.75. The molecule has 2 heterocycles. The Kier molecular flexibility index (Phi) is 5.56. The maximum absolute atomic E-state index is 13.5. The Morgan fingerprint density at radius 3 is 2.62 bits per heavy atom. The number of hydrogen-bond donors (Lipinski definition) is 1. The molecular weight excluding hydrogens is 461 g/mol. The number of carbonyl (C=O) groups excluding carboxylic acids is 2. The molecule has 0 atom stereocenters. The van der Waals surface area contributed by atoms with Crippen molar-refractivity contribution in [2.75, 3.05) is 4.90 Å². The minimum Gasteiger partial charge on any atom is -0.456 e. The molecule has 0 aliphatic carbocycles. The van der Waals surface area contributed by atoms with E-state index in [1.807, 2.05) is 0 Å². The summed E-state index contributed by atoms with van der Waals surface area (Å²) >= 11 is 10.9. The van der Waals surface area contributed by atoms with Gasteiger partial charge < -0.3 is 4.42 Å². The lowest BCUT2D eigenvalue weighted by Gasteiger charge is -2.28. The van der Waals surface area contributed by atoms with Crippen LogP contribution in [-0.4, -0.2) is 21.9 Å². The smallest absolute Gasteiger partial charge is 0.280 e. The van der Waals surface area contributed by atoms with Crippen LogP contribution >= 0.6 is 23.8 Å². The number of nitrogens with one attached hydrogen (secondary N) is 1. The molecule has 1 saturated heterocycles. The van der Waals surface area contributed by atoms with Crippen molar-refractivity contribution in [3.8, 4) is 11.3 Å². The van der Waals surface area contributed by atoms with Gasteiger partial charge in [-0.25, -0.2) is 4.39 Å². The molecule has 0 saturated carbocycles. The lowest BCUT2D eigenvalue weighted by molar-refractivity contribution is -0.384.